The summed E-state index contributed by atoms with van der Waals surface area (Å²) < 4.78 is 2.01. The van der Waals surface area contributed by atoms with Crippen molar-refractivity contribution < 1.29 is 5.11 Å². The molecule has 0 bridgehead atoms. The van der Waals surface area contributed by atoms with Gasteiger partial charge in [-0.05, 0) is 32.3 Å². The van der Waals surface area contributed by atoms with Gasteiger partial charge < -0.3 is 5.11 Å². The Morgan fingerprint density at radius 2 is 1.89 bits per heavy atom. The molecular formula is C15H28N2O. The Morgan fingerprint density at radius 3 is 2.39 bits per heavy atom. The second-order valence-corrected chi connectivity index (χ2v) is 5.45. The van der Waals surface area contributed by atoms with Gasteiger partial charge in [0.05, 0.1) is 11.3 Å². The van der Waals surface area contributed by atoms with E-state index in [1.165, 1.54) is 0 Å². The summed E-state index contributed by atoms with van der Waals surface area (Å²) in [6, 6.07) is 2.48. The maximum Gasteiger partial charge on any atom is 0.0703 e. The molecule has 3 nitrogen and oxygen atoms in total. The van der Waals surface area contributed by atoms with E-state index in [0.29, 0.717) is 12.5 Å². The van der Waals surface area contributed by atoms with Crippen LogP contribution in [-0.4, -0.2) is 20.5 Å². The summed E-state index contributed by atoms with van der Waals surface area (Å²) >= 11 is 0. The summed E-state index contributed by atoms with van der Waals surface area (Å²) in [6.07, 6.45) is 7.54. The fourth-order valence-corrected chi connectivity index (χ4v) is 2.47. The first-order valence-electron chi connectivity index (χ1n) is 7.31. The molecule has 1 aromatic heterocycles. The summed E-state index contributed by atoms with van der Waals surface area (Å²) in [4.78, 5) is 0. The molecule has 0 saturated heterocycles. The predicted molar refractivity (Wildman–Crippen MR) is 75.7 cm³/mol. The lowest BCUT2D eigenvalue weighted by Gasteiger charge is -2.26. The van der Waals surface area contributed by atoms with E-state index in [1.807, 2.05) is 16.9 Å². The molecule has 1 unspecified atom stereocenters. The van der Waals surface area contributed by atoms with Crippen LogP contribution in [0.15, 0.2) is 12.3 Å². The van der Waals surface area contributed by atoms with Crippen LogP contribution in [0.25, 0.3) is 0 Å². The summed E-state index contributed by atoms with van der Waals surface area (Å²) in [5.74, 6) is 0. The highest BCUT2D eigenvalue weighted by Gasteiger charge is 2.26. The third kappa shape index (κ3) is 4.13. The van der Waals surface area contributed by atoms with Crippen molar-refractivity contribution in [2.75, 3.05) is 0 Å². The van der Waals surface area contributed by atoms with E-state index in [1.54, 1.807) is 0 Å². The summed E-state index contributed by atoms with van der Waals surface area (Å²) in [7, 11) is 0. The lowest BCUT2D eigenvalue weighted by Crippen LogP contribution is -2.31. The van der Waals surface area contributed by atoms with Crippen LogP contribution in [0.2, 0.25) is 0 Å². The molecule has 0 aliphatic carbocycles. The minimum absolute atomic E-state index is 0.434. The Morgan fingerprint density at radius 1 is 1.28 bits per heavy atom. The second-order valence-electron chi connectivity index (χ2n) is 5.45. The summed E-state index contributed by atoms with van der Waals surface area (Å²) in [5.41, 5.74) is 0.442. The molecule has 1 N–H and O–H groups in total. The highest BCUT2D eigenvalue weighted by Crippen LogP contribution is 2.24. The highest BCUT2D eigenvalue weighted by molar-refractivity contribution is 5.04. The van der Waals surface area contributed by atoms with E-state index in [9.17, 15) is 5.11 Å². The van der Waals surface area contributed by atoms with Gasteiger partial charge in [0.1, 0.15) is 0 Å². The Balaban J connectivity index is 2.72. The van der Waals surface area contributed by atoms with Crippen LogP contribution < -0.4 is 0 Å². The van der Waals surface area contributed by atoms with Crippen LogP contribution in [-0.2, 0) is 6.42 Å². The van der Waals surface area contributed by atoms with Gasteiger partial charge in [0.15, 0.2) is 0 Å². The average molecular weight is 252 g/mol. The Bertz CT molecular complexity index is 340. The Labute approximate surface area is 111 Å². The van der Waals surface area contributed by atoms with Gasteiger partial charge in [0, 0.05) is 18.7 Å². The molecule has 0 aliphatic rings. The van der Waals surface area contributed by atoms with Crippen molar-refractivity contribution >= 4 is 0 Å². The lowest BCUT2D eigenvalue weighted by atomic mass is 9.88. The lowest BCUT2D eigenvalue weighted by molar-refractivity contribution is 0.0206. The van der Waals surface area contributed by atoms with Crippen LogP contribution in [0.1, 0.15) is 71.5 Å². The fourth-order valence-electron chi connectivity index (χ4n) is 2.47. The van der Waals surface area contributed by atoms with Crippen molar-refractivity contribution in [3.05, 3.63) is 18.0 Å². The first-order valence-corrected chi connectivity index (χ1v) is 7.31. The van der Waals surface area contributed by atoms with E-state index in [-0.39, 0.29) is 0 Å². The van der Waals surface area contributed by atoms with E-state index in [0.717, 1.165) is 37.8 Å². The van der Waals surface area contributed by atoms with Crippen molar-refractivity contribution in [2.24, 2.45) is 0 Å². The molecule has 1 heterocycles. The van der Waals surface area contributed by atoms with Gasteiger partial charge in [-0.2, -0.15) is 5.10 Å². The first kappa shape index (κ1) is 15.2. The Hall–Kier alpha value is -0.830. The van der Waals surface area contributed by atoms with Crippen LogP contribution in [0.3, 0.4) is 0 Å². The fraction of sp³-hybridized carbons (Fsp3) is 0.800. The van der Waals surface area contributed by atoms with Crippen molar-refractivity contribution in [1.29, 1.82) is 0 Å². The predicted octanol–water partition coefficient (Wildman–Crippen LogP) is 3.73. The largest absolute Gasteiger partial charge is 0.389 e. The van der Waals surface area contributed by atoms with Crippen molar-refractivity contribution in [3.63, 3.8) is 0 Å². The van der Waals surface area contributed by atoms with Gasteiger partial charge in [-0.15, -0.1) is 0 Å². The van der Waals surface area contributed by atoms with Gasteiger partial charge >= 0.3 is 0 Å². The normalized spacial score (nSPS) is 13.8. The first-order chi connectivity index (χ1) is 8.54. The van der Waals surface area contributed by atoms with Gasteiger partial charge in [-0.3, -0.25) is 4.68 Å². The molecule has 0 amide bonds. The smallest absolute Gasteiger partial charge is 0.0703 e. The zero-order valence-electron chi connectivity index (χ0n) is 12.3. The van der Waals surface area contributed by atoms with Crippen molar-refractivity contribution in [3.8, 4) is 0 Å². The standard InChI is InChI=1S/C15H28N2O/c1-5-9-15(18,10-6-2)12-14-8-11-17(16-14)13(4)7-3/h8,11,13,18H,5-7,9-10,12H2,1-4H3. The average Bonchev–Trinajstić information content (AvgIpc) is 2.76. The van der Waals surface area contributed by atoms with Gasteiger partial charge in [0.25, 0.3) is 0 Å². The Kier molecular flexibility index (Phi) is 5.86. The molecule has 1 atom stereocenters. The molecule has 3 heteroatoms. The van der Waals surface area contributed by atoms with Crippen LogP contribution in [0.4, 0.5) is 0 Å². The maximum absolute atomic E-state index is 10.6. The molecule has 1 aromatic rings. The van der Waals surface area contributed by atoms with Gasteiger partial charge in [0.2, 0.25) is 0 Å². The molecule has 0 spiro atoms. The molecule has 0 aliphatic heterocycles. The minimum Gasteiger partial charge on any atom is -0.389 e. The van der Waals surface area contributed by atoms with Crippen LogP contribution >= 0.6 is 0 Å². The van der Waals surface area contributed by atoms with E-state index >= 15 is 0 Å². The number of hydrogen-bond acceptors (Lipinski definition) is 2. The SMILES string of the molecule is CCCC(O)(CCC)Cc1ccn(C(C)CC)n1. The van der Waals surface area contributed by atoms with Crippen LogP contribution in [0.5, 0.6) is 0 Å². The molecule has 0 saturated carbocycles. The summed E-state index contributed by atoms with van der Waals surface area (Å²) in [5, 5.41) is 15.2. The topological polar surface area (TPSA) is 38.0 Å². The second kappa shape index (κ2) is 6.93. The van der Waals surface area contributed by atoms with Crippen molar-refractivity contribution in [1.82, 2.24) is 9.78 Å². The number of aromatic nitrogens is 2. The maximum atomic E-state index is 10.6. The zero-order valence-corrected chi connectivity index (χ0v) is 12.3. The number of rotatable bonds is 8. The molecular weight excluding hydrogens is 224 g/mol. The van der Waals surface area contributed by atoms with E-state index < -0.39 is 5.60 Å². The number of aliphatic hydroxyl groups is 1. The summed E-state index contributed by atoms with van der Waals surface area (Å²) in [6.45, 7) is 8.58. The molecule has 0 fully saturated rings. The molecule has 104 valence electrons. The minimum atomic E-state index is -0.571. The van der Waals surface area contributed by atoms with Gasteiger partial charge in [-0.25, -0.2) is 0 Å². The number of nitrogens with zero attached hydrogens (tertiary/aromatic N) is 2. The third-order valence-corrected chi connectivity index (χ3v) is 3.65. The van der Waals surface area contributed by atoms with E-state index in [4.69, 9.17) is 0 Å². The molecule has 18 heavy (non-hydrogen) atoms. The monoisotopic (exact) mass is 252 g/mol. The highest BCUT2D eigenvalue weighted by atomic mass is 16.3. The van der Waals surface area contributed by atoms with Crippen LogP contribution in [0, 0.1) is 0 Å². The van der Waals surface area contributed by atoms with Crippen molar-refractivity contribution in [2.45, 2.75) is 77.9 Å². The third-order valence-electron chi connectivity index (χ3n) is 3.65. The zero-order chi connectivity index (χ0) is 13.6. The quantitative estimate of drug-likeness (QED) is 0.765. The molecule has 0 radical (unpaired) electrons. The molecule has 1 rings (SSSR count). The van der Waals surface area contributed by atoms with Gasteiger partial charge in [-0.1, -0.05) is 33.6 Å². The number of hydrogen-bond donors (Lipinski definition) is 1. The molecule has 0 aromatic carbocycles. The van der Waals surface area contributed by atoms with E-state index in [2.05, 4.69) is 32.8 Å².